The summed E-state index contributed by atoms with van der Waals surface area (Å²) in [6.45, 7) is 3.78. The highest BCUT2D eigenvalue weighted by Crippen LogP contribution is 2.36. The number of likely N-dealkylation sites (N-methyl/N-ethyl adjacent to an activating group) is 1. The minimum absolute atomic E-state index is 0.0476. The summed E-state index contributed by atoms with van der Waals surface area (Å²) in [7, 11) is 1.43. The standard InChI is InChI=1S/C39H42N8O4/c1-3-40-38(49)47-22-8-12-33(47)36-42-24-31(44-36)28-19-15-26(16-20-28)25-13-17-27(18-14-25)30-23-41-35(43-30)32-11-7-21-46(32)37(48)34(45(2)39(50)51)29-9-5-4-6-10-29/h4-6,9-10,13-20,23-24,32-34H,3,7-8,11-12,21-22H2,1-2H3,(H,40,49)(H,41,43)(H,42,44)(H,50,51)/t32-,33-,34+/m0/s1. The van der Waals surface area contributed by atoms with Gasteiger partial charge in [-0.05, 0) is 60.4 Å². The highest BCUT2D eigenvalue weighted by atomic mass is 16.4. The van der Waals surface area contributed by atoms with Gasteiger partial charge in [0, 0.05) is 26.7 Å². The van der Waals surface area contributed by atoms with Gasteiger partial charge in [-0.15, -0.1) is 0 Å². The Hall–Kier alpha value is -5.91. The van der Waals surface area contributed by atoms with Crippen LogP contribution in [0.25, 0.3) is 33.6 Å². The molecule has 4 heterocycles. The zero-order valence-electron chi connectivity index (χ0n) is 28.8. The first-order valence-electron chi connectivity index (χ1n) is 17.5. The summed E-state index contributed by atoms with van der Waals surface area (Å²) in [5.41, 5.74) is 6.53. The quantitative estimate of drug-likeness (QED) is 0.131. The van der Waals surface area contributed by atoms with Crippen LogP contribution in [0.2, 0.25) is 0 Å². The molecule has 262 valence electrons. The third-order valence-electron chi connectivity index (χ3n) is 9.96. The van der Waals surface area contributed by atoms with E-state index in [1.165, 1.54) is 7.05 Å². The molecule has 0 saturated carbocycles. The molecule has 0 spiro atoms. The zero-order valence-corrected chi connectivity index (χ0v) is 28.8. The largest absolute Gasteiger partial charge is 0.465 e. The maximum absolute atomic E-state index is 13.9. The van der Waals surface area contributed by atoms with Gasteiger partial charge in [-0.3, -0.25) is 9.69 Å². The summed E-state index contributed by atoms with van der Waals surface area (Å²) in [5, 5.41) is 12.7. The summed E-state index contributed by atoms with van der Waals surface area (Å²) in [6.07, 6.45) is 5.85. The van der Waals surface area contributed by atoms with Crippen LogP contribution in [0.1, 0.15) is 67.9 Å². The van der Waals surface area contributed by atoms with E-state index in [4.69, 9.17) is 0 Å². The summed E-state index contributed by atoms with van der Waals surface area (Å²) >= 11 is 0. The third kappa shape index (κ3) is 6.81. The number of hydrogen-bond donors (Lipinski definition) is 4. The predicted molar refractivity (Wildman–Crippen MR) is 193 cm³/mol. The van der Waals surface area contributed by atoms with Crippen molar-refractivity contribution >= 4 is 18.0 Å². The molecule has 3 aromatic carbocycles. The lowest BCUT2D eigenvalue weighted by Gasteiger charge is -2.32. The average Bonchev–Trinajstić information content (AvgIpc) is 3.99. The first kappa shape index (κ1) is 33.6. The van der Waals surface area contributed by atoms with E-state index in [1.807, 2.05) is 36.2 Å². The molecule has 12 heteroatoms. The van der Waals surface area contributed by atoms with Crippen LogP contribution in [0.3, 0.4) is 0 Å². The van der Waals surface area contributed by atoms with Crippen LogP contribution >= 0.6 is 0 Å². The Morgan fingerprint density at radius 2 is 1.27 bits per heavy atom. The van der Waals surface area contributed by atoms with Crippen molar-refractivity contribution in [3.63, 3.8) is 0 Å². The molecule has 12 nitrogen and oxygen atoms in total. The summed E-state index contributed by atoms with van der Waals surface area (Å²) in [6, 6.07) is 24.3. The lowest BCUT2D eigenvalue weighted by molar-refractivity contribution is -0.137. The fourth-order valence-electron chi connectivity index (χ4n) is 7.29. The van der Waals surface area contributed by atoms with Gasteiger partial charge in [-0.1, -0.05) is 78.9 Å². The maximum Gasteiger partial charge on any atom is 0.407 e. The van der Waals surface area contributed by atoms with Crippen molar-refractivity contribution in [2.75, 3.05) is 26.7 Å². The molecule has 5 aromatic rings. The van der Waals surface area contributed by atoms with Gasteiger partial charge in [0.05, 0.1) is 35.9 Å². The third-order valence-corrected chi connectivity index (χ3v) is 9.96. The number of carbonyl (C=O) groups is 3. The highest BCUT2D eigenvalue weighted by molar-refractivity contribution is 5.87. The number of carbonyl (C=O) groups excluding carboxylic acids is 2. The van der Waals surface area contributed by atoms with Crippen LogP contribution < -0.4 is 5.32 Å². The van der Waals surface area contributed by atoms with Gasteiger partial charge in [0.1, 0.15) is 17.7 Å². The molecule has 4 amide bonds. The summed E-state index contributed by atoms with van der Waals surface area (Å²) in [4.78, 5) is 59.2. The molecule has 2 aliphatic heterocycles. The number of carboxylic acid groups (broad SMARTS) is 1. The lowest BCUT2D eigenvalue weighted by atomic mass is 10.0. The molecule has 2 fully saturated rings. The van der Waals surface area contributed by atoms with Gasteiger partial charge in [0.15, 0.2) is 0 Å². The molecule has 2 aromatic heterocycles. The van der Waals surface area contributed by atoms with Gasteiger partial charge in [0.2, 0.25) is 0 Å². The smallest absolute Gasteiger partial charge is 0.407 e. The molecule has 7 rings (SSSR count). The van der Waals surface area contributed by atoms with Gasteiger partial charge < -0.3 is 30.2 Å². The van der Waals surface area contributed by atoms with E-state index in [-0.39, 0.29) is 24.0 Å². The average molecular weight is 687 g/mol. The maximum atomic E-state index is 13.9. The van der Waals surface area contributed by atoms with Crippen LogP contribution in [-0.2, 0) is 4.79 Å². The van der Waals surface area contributed by atoms with E-state index >= 15 is 0 Å². The fraction of sp³-hybridized carbons (Fsp3) is 0.308. The number of aromatic nitrogens is 4. The number of hydrogen-bond acceptors (Lipinski definition) is 5. The molecular formula is C39H42N8O4. The number of benzene rings is 3. The SMILES string of the molecule is CCNC(=O)N1CCC[C@H]1c1ncc(-c2ccc(-c3ccc(-c4cnc([C@@H]5CCCN5C(=O)[C@@H](c5ccccc5)N(C)C(=O)O)[nH]4)cc3)cc2)[nH]1. The van der Waals surface area contributed by atoms with Gasteiger partial charge in [-0.2, -0.15) is 0 Å². The Morgan fingerprint density at radius 1 is 0.784 bits per heavy atom. The first-order chi connectivity index (χ1) is 24.8. The van der Waals surface area contributed by atoms with E-state index in [0.29, 0.717) is 24.5 Å². The number of rotatable bonds is 9. The molecule has 2 saturated heterocycles. The molecular weight excluding hydrogens is 644 g/mol. The normalized spacial score (nSPS) is 17.8. The molecule has 0 unspecified atom stereocenters. The number of amides is 4. The van der Waals surface area contributed by atoms with Crippen molar-refractivity contribution in [2.24, 2.45) is 0 Å². The van der Waals surface area contributed by atoms with E-state index in [0.717, 1.165) is 76.6 Å². The highest BCUT2D eigenvalue weighted by Gasteiger charge is 2.39. The van der Waals surface area contributed by atoms with Crippen LogP contribution in [0.5, 0.6) is 0 Å². The van der Waals surface area contributed by atoms with E-state index in [2.05, 4.69) is 73.8 Å². The number of imidazole rings is 2. The van der Waals surface area contributed by atoms with Crippen LogP contribution in [0.15, 0.2) is 91.3 Å². The Labute approximate surface area is 296 Å². The number of aromatic amines is 2. The van der Waals surface area contributed by atoms with E-state index < -0.39 is 12.1 Å². The molecule has 0 radical (unpaired) electrons. The van der Waals surface area contributed by atoms with Crippen LogP contribution in [0.4, 0.5) is 9.59 Å². The van der Waals surface area contributed by atoms with Gasteiger partial charge in [0.25, 0.3) is 5.91 Å². The predicted octanol–water partition coefficient (Wildman–Crippen LogP) is 7.01. The van der Waals surface area contributed by atoms with Crippen LogP contribution in [-0.4, -0.2) is 84.5 Å². The van der Waals surface area contributed by atoms with Crippen molar-refractivity contribution < 1.29 is 19.5 Å². The molecule has 4 N–H and O–H groups in total. The fourth-order valence-corrected chi connectivity index (χ4v) is 7.29. The number of H-pyrrole nitrogens is 2. The zero-order chi connectivity index (χ0) is 35.5. The lowest BCUT2D eigenvalue weighted by Crippen LogP contribution is -2.43. The van der Waals surface area contributed by atoms with Crippen molar-refractivity contribution in [3.8, 4) is 33.6 Å². The Kier molecular flexibility index (Phi) is 9.56. The molecule has 51 heavy (non-hydrogen) atoms. The minimum atomic E-state index is -1.16. The monoisotopic (exact) mass is 686 g/mol. The second-order valence-electron chi connectivity index (χ2n) is 13.1. The minimum Gasteiger partial charge on any atom is -0.465 e. The van der Waals surface area contributed by atoms with Crippen molar-refractivity contribution in [2.45, 2.75) is 50.7 Å². The summed E-state index contributed by atoms with van der Waals surface area (Å²) < 4.78 is 0. The number of nitrogens with one attached hydrogen (secondary N) is 3. The Morgan fingerprint density at radius 3 is 1.78 bits per heavy atom. The van der Waals surface area contributed by atoms with Crippen molar-refractivity contribution in [1.29, 1.82) is 0 Å². The number of urea groups is 1. The first-order valence-corrected chi connectivity index (χ1v) is 17.5. The van der Waals surface area contributed by atoms with Crippen molar-refractivity contribution in [3.05, 3.63) is 108 Å². The molecule has 3 atom stereocenters. The number of likely N-dealkylation sites (tertiary alicyclic amines) is 2. The molecule has 0 bridgehead atoms. The Balaban J connectivity index is 1.03. The topological polar surface area (TPSA) is 151 Å². The van der Waals surface area contributed by atoms with E-state index in [1.54, 1.807) is 23.2 Å². The Bertz CT molecular complexity index is 1990. The van der Waals surface area contributed by atoms with E-state index in [9.17, 15) is 19.5 Å². The van der Waals surface area contributed by atoms with Crippen molar-refractivity contribution in [1.82, 2.24) is 40.0 Å². The second-order valence-corrected chi connectivity index (χ2v) is 13.1. The number of nitrogens with zero attached hydrogens (tertiary/aromatic N) is 5. The van der Waals surface area contributed by atoms with Crippen LogP contribution in [0, 0.1) is 0 Å². The molecule has 2 aliphatic rings. The summed E-state index contributed by atoms with van der Waals surface area (Å²) in [5.74, 6) is 1.24. The molecule has 0 aliphatic carbocycles. The van der Waals surface area contributed by atoms with Gasteiger partial charge >= 0.3 is 12.1 Å². The second kappa shape index (κ2) is 14.5. The van der Waals surface area contributed by atoms with Gasteiger partial charge in [-0.25, -0.2) is 19.6 Å².